The normalized spacial score (nSPS) is 26.8. The van der Waals surface area contributed by atoms with Gasteiger partial charge in [0.2, 0.25) is 5.91 Å². The summed E-state index contributed by atoms with van der Waals surface area (Å²) in [4.78, 5) is 11.8. The fourth-order valence-corrected chi connectivity index (χ4v) is 1.95. The van der Waals surface area contributed by atoms with Crippen molar-refractivity contribution >= 4 is 11.7 Å². The summed E-state index contributed by atoms with van der Waals surface area (Å²) in [5.74, 6) is 0.197. The number of nitrogens with two attached hydrogens (primary N) is 1. The van der Waals surface area contributed by atoms with Crippen LogP contribution in [0.15, 0.2) is 5.16 Å². The van der Waals surface area contributed by atoms with Gasteiger partial charge in [0.05, 0.1) is 0 Å². The minimum absolute atomic E-state index is 0.00243. The van der Waals surface area contributed by atoms with Gasteiger partial charge in [0.1, 0.15) is 5.84 Å². The van der Waals surface area contributed by atoms with Gasteiger partial charge < -0.3 is 16.3 Å². The van der Waals surface area contributed by atoms with Gasteiger partial charge in [0, 0.05) is 17.4 Å². The molecule has 0 heterocycles. The molecule has 0 spiro atoms. The van der Waals surface area contributed by atoms with Crippen molar-refractivity contribution in [3.05, 3.63) is 0 Å². The summed E-state index contributed by atoms with van der Waals surface area (Å²) < 4.78 is 0. The van der Waals surface area contributed by atoms with Crippen LogP contribution in [0.1, 0.15) is 40.0 Å². The van der Waals surface area contributed by atoms with Crippen molar-refractivity contribution in [1.82, 2.24) is 5.32 Å². The number of carbonyl (C=O) groups is 1. The Labute approximate surface area is 96.1 Å². The monoisotopic (exact) mass is 227 g/mol. The van der Waals surface area contributed by atoms with Crippen molar-refractivity contribution in [2.24, 2.45) is 22.2 Å². The van der Waals surface area contributed by atoms with Crippen LogP contribution in [0.3, 0.4) is 0 Å². The summed E-state index contributed by atoms with van der Waals surface area (Å²) in [5, 5.41) is 14.7. The van der Waals surface area contributed by atoms with Crippen molar-refractivity contribution in [1.29, 1.82) is 0 Å². The number of amides is 1. The van der Waals surface area contributed by atoms with Gasteiger partial charge >= 0.3 is 0 Å². The van der Waals surface area contributed by atoms with Gasteiger partial charge in [-0.15, -0.1) is 0 Å². The van der Waals surface area contributed by atoms with Gasteiger partial charge in [-0.05, 0) is 12.8 Å². The minimum Gasteiger partial charge on any atom is -0.409 e. The molecule has 5 heteroatoms. The van der Waals surface area contributed by atoms with E-state index in [4.69, 9.17) is 10.9 Å². The molecule has 0 aromatic carbocycles. The summed E-state index contributed by atoms with van der Waals surface area (Å²) in [5.41, 5.74) is 5.20. The molecule has 2 atom stereocenters. The minimum atomic E-state index is -0.405. The highest BCUT2D eigenvalue weighted by molar-refractivity contribution is 5.85. The standard InChI is InChI=1S/C11H21N3O2/c1-11(2,3)10(15)13-8-6-4-5-7(8)9(12)14-16/h7-8,16H,4-6H2,1-3H3,(H2,12,14)(H,13,15). The van der Waals surface area contributed by atoms with Crippen molar-refractivity contribution in [2.75, 3.05) is 0 Å². The van der Waals surface area contributed by atoms with E-state index in [0.717, 1.165) is 19.3 Å². The van der Waals surface area contributed by atoms with Gasteiger partial charge in [-0.1, -0.05) is 32.3 Å². The van der Waals surface area contributed by atoms with Crippen LogP contribution in [0.4, 0.5) is 0 Å². The molecule has 0 aromatic heterocycles. The maximum absolute atomic E-state index is 11.8. The summed E-state index contributed by atoms with van der Waals surface area (Å²) in [6.07, 6.45) is 2.75. The Morgan fingerprint density at radius 3 is 2.56 bits per heavy atom. The first-order valence-electron chi connectivity index (χ1n) is 5.64. The lowest BCUT2D eigenvalue weighted by Gasteiger charge is -2.25. The largest absolute Gasteiger partial charge is 0.409 e. The van der Waals surface area contributed by atoms with Crippen molar-refractivity contribution in [3.63, 3.8) is 0 Å². The van der Waals surface area contributed by atoms with E-state index in [-0.39, 0.29) is 23.7 Å². The summed E-state index contributed by atoms with van der Waals surface area (Å²) in [7, 11) is 0. The Bertz CT molecular complexity index is 294. The fraction of sp³-hybridized carbons (Fsp3) is 0.818. The van der Waals surface area contributed by atoms with E-state index in [1.54, 1.807) is 0 Å². The zero-order valence-corrected chi connectivity index (χ0v) is 10.2. The summed E-state index contributed by atoms with van der Waals surface area (Å²) in [6.45, 7) is 5.61. The van der Waals surface area contributed by atoms with E-state index in [2.05, 4.69) is 10.5 Å². The number of hydrogen-bond acceptors (Lipinski definition) is 3. The van der Waals surface area contributed by atoms with Gasteiger partial charge in [0.25, 0.3) is 0 Å². The van der Waals surface area contributed by atoms with Crippen LogP contribution in [0.25, 0.3) is 0 Å². The molecule has 1 rings (SSSR count). The predicted octanol–water partition coefficient (Wildman–Crippen LogP) is 1.06. The predicted molar refractivity (Wildman–Crippen MR) is 62.1 cm³/mol. The number of nitrogens with one attached hydrogen (secondary N) is 1. The van der Waals surface area contributed by atoms with Crippen LogP contribution in [0, 0.1) is 11.3 Å². The molecule has 0 radical (unpaired) electrons. The topological polar surface area (TPSA) is 87.7 Å². The Balaban J connectivity index is 2.64. The van der Waals surface area contributed by atoms with Gasteiger partial charge in [0.15, 0.2) is 0 Å². The van der Waals surface area contributed by atoms with E-state index in [9.17, 15) is 4.79 Å². The third kappa shape index (κ3) is 2.87. The lowest BCUT2D eigenvalue weighted by Crippen LogP contribution is -2.46. The Morgan fingerprint density at radius 2 is 2.06 bits per heavy atom. The average molecular weight is 227 g/mol. The molecule has 0 aliphatic heterocycles. The molecule has 92 valence electrons. The quantitative estimate of drug-likeness (QED) is 0.285. The lowest BCUT2D eigenvalue weighted by atomic mass is 9.94. The number of hydrogen-bond donors (Lipinski definition) is 3. The molecule has 2 unspecified atom stereocenters. The molecule has 1 amide bonds. The van der Waals surface area contributed by atoms with Gasteiger partial charge in [-0.3, -0.25) is 4.79 Å². The third-order valence-electron chi connectivity index (χ3n) is 3.01. The SMILES string of the molecule is CC(C)(C)C(=O)NC1CCCC1C(N)=NO. The highest BCUT2D eigenvalue weighted by Crippen LogP contribution is 2.27. The molecule has 0 bridgehead atoms. The molecule has 1 aliphatic carbocycles. The molecule has 5 nitrogen and oxygen atoms in total. The zero-order valence-electron chi connectivity index (χ0n) is 10.2. The maximum atomic E-state index is 11.8. The Kier molecular flexibility index (Phi) is 3.78. The molecular weight excluding hydrogens is 206 g/mol. The van der Waals surface area contributed by atoms with Crippen LogP contribution >= 0.6 is 0 Å². The highest BCUT2D eigenvalue weighted by Gasteiger charge is 2.34. The highest BCUT2D eigenvalue weighted by atomic mass is 16.4. The first-order chi connectivity index (χ1) is 7.36. The third-order valence-corrected chi connectivity index (χ3v) is 3.01. The molecule has 1 saturated carbocycles. The second kappa shape index (κ2) is 4.72. The molecule has 16 heavy (non-hydrogen) atoms. The van der Waals surface area contributed by atoms with E-state index in [1.165, 1.54) is 0 Å². The van der Waals surface area contributed by atoms with Crippen LogP contribution in [-0.2, 0) is 4.79 Å². The second-order valence-corrected chi connectivity index (χ2v) is 5.39. The van der Waals surface area contributed by atoms with E-state index < -0.39 is 5.41 Å². The van der Waals surface area contributed by atoms with E-state index >= 15 is 0 Å². The van der Waals surface area contributed by atoms with Gasteiger partial charge in [-0.25, -0.2) is 0 Å². The summed E-state index contributed by atoms with van der Waals surface area (Å²) in [6, 6.07) is 0.00243. The summed E-state index contributed by atoms with van der Waals surface area (Å²) >= 11 is 0. The Morgan fingerprint density at radius 1 is 1.44 bits per heavy atom. The second-order valence-electron chi connectivity index (χ2n) is 5.39. The molecule has 4 N–H and O–H groups in total. The fourth-order valence-electron chi connectivity index (χ4n) is 1.95. The number of amidine groups is 1. The van der Waals surface area contributed by atoms with Crippen LogP contribution in [0.5, 0.6) is 0 Å². The molecule has 1 aliphatic rings. The van der Waals surface area contributed by atoms with Crippen LogP contribution in [-0.4, -0.2) is 23.0 Å². The number of nitrogens with zero attached hydrogens (tertiary/aromatic N) is 1. The van der Waals surface area contributed by atoms with Gasteiger partial charge in [-0.2, -0.15) is 0 Å². The molecule has 0 aromatic rings. The average Bonchev–Trinajstić information content (AvgIpc) is 2.63. The Hall–Kier alpha value is -1.26. The van der Waals surface area contributed by atoms with Crippen molar-refractivity contribution in [3.8, 4) is 0 Å². The van der Waals surface area contributed by atoms with Crippen LogP contribution in [0.2, 0.25) is 0 Å². The first-order valence-corrected chi connectivity index (χ1v) is 5.64. The van der Waals surface area contributed by atoms with E-state index in [1.807, 2.05) is 20.8 Å². The van der Waals surface area contributed by atoms with Crippen LogP contribution < -0.4 is 11.1 Å². The van der Waals surface area contributed by atoms with E-state index in [0.29, 0.717) is 0 Å². The van der Waals surface area contributed by atoms with Crippen molar-refractivity contribution < 1.29 is 10.0 Å². The number of rotatable bonds is 2. The maximum Gasteiger partial charge on any atom is 0.225 e. The smallest absolute Gasteiger partial charge is 0.225 e. The molecular formula is C11H21N3O2. The van der Waals surface area contributed by atoms with Crippen molar-refractivity contribution in [2.45, 2.75) is 46.1 Å². The zero-order chi connectivity index (χ0) is 12.3. The number of oxime groups is 1. The first kappa shape index (κ1) is 12.8. The number of carbonyl (C=O) groups excluding carboxylic acids is 1. The molecule has 1 fully saturated rings. The molecule has 0 saturated heterocycles. The lowest BCUT2D eigenvalue weighted by molar-refractivity contribution is -0.129.